The Morgan fingerprint density at radius 2 is 2.00 bits per heavy atom. The van der Waals surface area contributed by atoms with Crippen molar-refractivity contribution in [3.05, 3.63) is 69.7 Å². The van der Waals surface area contributed by atoms with E-state index in [4.69, 9.17) is 4.74 Å². The lowest BCUT2D eigenvalue weighted by Gasteiger charge is -2.14. The van der Waals surface area contributed by atoms with Crippen LogP contribution in [-0.2, 0) is 6.54 Å². The van der Waals surface area contributed by atoms with Gasteiger partial charge in [-0.25, -0.2) is 4.98 Å². The molecule has 0 aliphatic rings. The minimum atomic E-state index is -0.806. The molecule has 0 saturated carbocycles. The first-order valence-electron chi connectivity index (χ1n) is 7.14. The summed E-state index contributed by atoms with van der Waals surface area (Å²) in [5.74, 6) is 0.680. The molecule has 0 aliphatic heterocycles. The van der Waals surface area contributed by atoms with Crippen LogP contribution in [0.25, 0.3) is 10.9 Å². The number of hydrogen-bond donors (Lipinski definition) is 1. The molecule has 23 heavy (non-hydrogen) atoms. The van der Waals surface area contributed by atoms with Gasteiger partial charge in [-0.15, -0.1) is 0 Å². The summed E-state index contributed by atoms with van der Waals surface area (Å²) in [4.78, 5) is 16.7. The number of aliphatic hydroxyl groups is 1. The van der Waals surface area contributed by atoms with Gasteiger partial charge in [0.05, 0.1) is 23.8 Å². The van der Waals surface area contributed by atoms with Crippen LogP contribution in [0, 0.1) is 0 Å². The highest BCUT2D eigenvalue weighted by molar-refractivity contribution is 9.10. The van der Waals surface area contributed by atoms with Crippen LogP contribution in [0.3, 0.4) is 0 Å². The van der Waals surface area contributed by atoms with Crippen molar-refractivity contribution >= 4 is 26.8 Å². The van der Waals surface area contributed by atoms with Crippen LogP contribution >= 0.6 is 15.9 Å². The number of hydrogen-bond acceptors (Lipinski definition) is 4. The van der Waals surface area contributed by atoms with Gasteiger partial charge in [0.1, 0.15) is 18.5 Å². The average Bonchev–Trinajstić information content (AvgIpc) is 2.57. The van der Waals surface area contributed by atoms with Gasteiger partial charge in [0.15, 0.2) is 0 Å². The van der Waals surface area contributed by atoms with E-state index < -0.39 is 6.10 Å². The minimum absolute atomic E-state index is 0.104. The standard InChI is InChI=1S/C17H15BrN2O3/c18-12-6-7-16-15(8-12)17(22)20(11-19-16)9-13(21)10-23-14-4-2-1-3-5-14/h1-8,11,13,21H,9-10H2. The fourth-order valence-corrected chi connectivity index (χ4v) is 2.61. The third kappa shape index (κ3) is 3.78. The smallest absolute Gasteiger partial charge is 0.261 e. The Morgan fingerprint density at radius 3 is 2.78 bits per heavy atom. The van der Waals surface area contributed by atoms with Gasteiger partial charge in [0.25, 0.3) is 5.56 Å². The summed E-state index contributed by atoms with van der Waals surface area (Å²) < 4.78 is 7.70. The molecule has 0 radical (unpaired) electrons. The molecule has 0 fully saturated rings. The lowest BCUT2D eigenvalue weighted by atomic mass is 10.2. The van der Waals surface area contributed by atoms with Gasteiger partial charge in [0.2, 0.25) is 0 Å². The normalized spacial score (nSPS) is 12.3. The van der Waals surface area contributed by atoms with Crippen LogP contribution in [0.2, 0.25) is 0 Å². The highest BCUT2D eigenvalue weighted by atomic mass is 79.9. The van der Waals surface area contributed by atoms with Crippen molar-refractivity contribution in [1.82, 2.24) is 9.55 Å². The van der Waals surface area contributed by atoms with Crippen molar-refractivity contribution in [3.63, 3.8) is 0 Å². The lowest BCUT2D eigenvalue weighted by Crippen LogP contribution is -2.30. The summed E-state index contributed by atoms with van der Waals surface area (Å²) in [5.41, 5.74) is 0.444. The molecule has 1 heterocycles. The fourth-order valence-electron chi connectivity index (χ4n) is 2.25. The van der Waals surface area contributed by atoms with Crippen molar-refractivity contribution in [1.29, 1.82) is 0 Å². The Kier molecular flexibility index (Phi) is 4.73. The minimum Gasteiger partial charge on any atom is -0.491 e. The second-order valence-electron chi connectivity index (χ2n) is 5.14. The van der Waals surface area contributed by atoms with Gasteiger partial charge >= 0.3 is 0 Å². The average molecular weight is 375 g/mol. The molecule has 1 aromatic heterocycles. The monoisotopic (exact) mass is 374 g/mol. The summed E-state index contributed by atoms with van der Waals surface area (Å²) in [6, 6.07) is 14.6. The molecule has 2 aromatic carbocycles. The zero-order valence-corrected chi connectivity index (χ0v) is 13.8. The maximum atomic E-state index is 12.4. The zero-order valence-electron chi connectivity index (χ0n) is 12.2. The van der Waals surface area contributed by atoms with Crippen molar-refractivity contribution in [2.75, 3.05) is 6.61 Å². The van der Waals surface area contributed by atoms with Crippen molar-refractivity contribution in [3.8, 4) is 5.75 Å². The lowest BCUT2D eigenvalue weighted by molar-refractivity contribution is 0.0915. The summed E-state index contributed by atoms with van der Waals surface area (Å²) in [7, 11) is 0. The van der Waals surface area contributed by atoms with E-state index in [9.17, 15) is 9.90 Å². The molecule has 3 rings (SSSR count). The second-order valence-corrected chi connectivity index (χ2v) is 6.06. The van der Waals surface area contributed by atoms with Gasteiger partial charge in [-0.3, -0.25) is 9.36 Å². The molecule has 0 bridgehead atoms. The molecule has 6 heteroatoms. The van der Waals surface area contributed by atoms with E-state index in [2.05, 4.69) is 20.9 Å². The highest BCUT2D eigenvalue weighted by Crippen LogP contribution is 2.15. The van der Waals surface area contributed by atoms with Crippen molar-refractivity contribution in [2.24, 2.45) is 0 Å². The first-order chi connectivity index (χ1) is 11.1. The van der Waals surface area contributed by atoms with Gasteiger partial charge in [0, 0.05) is 4.47 Å². The summed E-state index contributed by atoms with van der Waals surface area (Å²) in [6.45, 7) is 0.230. The number of ether oxygens (including phenoxy) is 1. The molecule has 118 valence electrons. The fraction of sp³-hybridized carbons (Fsp3) is 0.176. The third-order valence-electron chi connectivity index (χ3n) is 3.38. The Hall–Kier alpha value is -2.18. The van der Waals surface area contributed by atoms with E-state index in [-0.39, 0.29) is 18.7 Å². The molecule has 0 amide bonds. The van der Waals surface area contributed by atoms with Gasteiger partial charge in [-0.05, 0) is 30.3 Å². The van der Waals surface area contributed by atoms with E-state index in [1.54, 1.807) is 12.1 Å². The Balaban J connectivity index is 1.73. The number of rotatable bonds is 5. The summed E-state index contributed by atoms with van der Waals surface area (Å²) in [6.07, 6.45) is 0.643. The molecule has 5 nitrogen and oxygen atoms in total. The van der Waals surface area contributed by atoms with Crippen molar-refractivity contribution in [2.45, 2.75) is 12.6 Å². The summed E-state index contributed by atoms with van der Waals surface area (Å²) in [5, 5.41) is 10.6. The predicted octanol–water partition coefficient (Wildman–Crippen LogP) is 2.60. The van der Waals surface area contributed by atoms with Crippen LogP contribution in [0.15, 0.2) is 64.1 Å². The number of para-hydroxylation sites is 1. The molecule has 0 spiro atoms. The summed E-state index contributed by atoms with van der Waals surface area (Å²) >= 11 is 3.35. The van der Waals surface area contributed by atoms with E-state index in [1.807, 2.05) is 36.4 Å². The number of aliphatic hydroxyl groups excluding tert-OH is 1. The topological polar surface area (TPSA) is 64.4 Å². The van der Waals surface area contributed by atoms with Crippen LogP contribution in [0.4, 0.5) is 0 Å². The van der Waals surface area contributed by atoms with Crippen molar-refractivity contribution < 1.29 is 9.84 Å². The maximum absolute atomic E-state index is 12.4. The number of benzene rings is 2. The van der Waals surface area contributed by atoms with Crippen LogP contribution in [0.5, 0.6) is 5.75 Å². The maximum Gasteiger partial charge on any atom is 0.261 e. The molecule has 0 aliphatic carbocycles. The van der Waals surface area contributed by atoms with Gasteiger partial charge < -0.3 is 9.84 Å². The van der Waals surface area contributed by atoms with E-state index in [0.29, 0.717) is 16.7 Å². The number of aromatic nitrogens is 2. The molecule has 1 N–H and O–H groups in total. The third-order valence-corrected chi connectivity index (χ3v) is 3.87. The Bertz CT molecular complexity index is 865. The van der Waals surface area contributed by atoms with E-state index in [0.717, 1.165) is 4.47 Å². The first-order valence-corrected chi connectivity index (χ1v) is 7.93. The SMILES string of the molecule is O=c1c2cc(Br)ccc2ncn1CC(O)COc1ccccc1. The Labute approximate surface area is 141 Å². The van der Waals surface area contributed by atoms with Crippen LogP contribution in [0.1, 0.15) is 0 Å². The molecular weight excluding hydrogens is 360 g/mol. The predicted molar refractivity (Wildman–Crippen MR) is 91.6 cm³/mol. The molecular formula is C17H15BrN2O3. The first kappa shape index (κ1) is 15.7. The van der Waals surface area contributed by atoms with Gasteiger partial charge in [-0.2, -0.15) is 0 Å². The molecule has 1 unspecified atom stereocenters. The Morgan fingerprint density at radius 1 is 1.22 bits per heavy atom. The number of fused-ring (bicyclic) bond motifs is 1. The van der Waals surface area contributed by atoms with E-state index >= 15 is 0 Å². The zero-order chi connectivity index (χ0) is 16.2. The van der Waals surface area contributed by atoms with Gasteiger partial charge in [-0.1, -0.05) is 34.1 Å². The van der Waals surface area contributed by atoms with Crippen LogP contribution in [-0.4, -0.2) is 27.4 Å². The number of nitrogens with zero attached hydrogens (tertiary/aromatic N) is 2. The van der Waals surface area contributed by atoms with E-state index in [1.165, 1.54) is 10.9 Å². The highest BCUT2D eigenvalue weighted by Gasteiger charge is 2.10. The largest absolute Gasteiger partial charge is 0.491 e. The number of halogens is 1. The second kappa shape index (κ2) is 6.93. The molecule has 3 aromatic rings. The molecule has 1 atom stereocenters. The van der Waals surface area contributed by atoms with Crippen LogP contribution < -0.4 is 10.3 Å². The molecule has 0 saturated heterocycles. The quantitative estimate of drug-likeness (QED) is 0.745.